The first-order valence-corrected chi connectivity index (χ1v) is 13.3. The largest absolute Gasteiger partial charge is 0.523 e. The summed E-state index contributed by atoms with van der Waals surface area (Å²) in [6.45, 7) is 16.5. The second-order valence-electron chi connectivity index (χ2n) is 9.77. The number of allylic oxidation sites excluding steroid dienone is 2. The van der Waals surface area contributed by atoms with E-state index >= 15 is 0 Å². The molecule has 45 heavy (non-hydrogen) atoms. The van der Waals surface area contributed by atoms with Crippen LogP contribution in [0.25, 0.3) is 42.4 Å². The smallest absolute Gasteiger partial charge is 0.394 e. The van der Waals surface area contributed by atoms with E-state index in [2.05, 4.69) is 14.7 Å². The highest BCUT2D eigenvalue weighted by atomic mass is 32.2. The molecule has 0 saturated carbocycles. The molecule has 2 aromatic carbocycles. The fourth-order valence-corrected chi connectivity index (χ4v) is 6.57. The average Bonchev–Trinajstić information content (AvgIpc) is 3.48. The van der Waals surface area contributed by atoms with Crippen molar-refractivity contribution in [3.05, 3.63) is 115 Å². The standard InChI is InChI=1S/C31H13F7N6S/c1-12-16(30(42-2)43-3)8-18-24(12)25(13-4-20(32)28(41)21(33)5-13)19-9-17(15(10-39)11-40)29(45-31(36,37)38)27(19)26(18)14-6-22(34)44-23(35)7-14/h4-7H,8-9,41H2,1H3. The molecule has 6 nitrogen and oxygen atoms in total. The Morgan fingerprint density at radius 3 is 1.87 bits per heavy atom. The molecule has 0 radical (unpaired) electrons. The lowest BCUT2D eigenvalue weighted by atomic mass is 9.87. The van der Waals surface area contributed by atoms with Crippen molar-refractivity contribution in [2.75, 3.05) is 5.73 Å². The number of hydrogen-bond acceptors (Lipinski definition) is 5. The zero-order chi connectivity index (χ0) is 33.0. The first-order valence-electron chi connectivity index (χ1n) is 12.5. The second kappa shape index (κ2) is 11.2. The highest BCUT2D eigenvalue weighted by Crippen LogP contribution is 2.47. The average molecular weight is 635 g/mol. The molecule has 2 aliphatic rings. The van der Waals surface area contributed by atoms with E-state index in [1.54, 1.807) is 12.1 Å². The molecule has 0 amide bonds. The van der Waals surface area contributed by atoms with Gasteiger partial charge in [-0.05, 0) is 87.0 Å². The molecule has 1 aromatic heterocycles. The van der Waals surface area contributed by atoms with Crippen molar-refractivity contribution in [3.63, 3.8) is 0 Å². The van der Waals surface area contributed by atoms with Crippen LogP contribution in [0.15, 0.2) is 46.8 Å². The van der Waals surface area contributed by atoms with Crippen molar-refractivity contribution in [2.24, 2.45) is 0 Å². The van der Waals surface area contributed by atoms with Gasteiger partial charge < -0.3 is 5.73 Å². The molecule has 0 spiro atoms. The molecule has 3 aromatic rings. The summed E-state index contributed by atoms with van der Waals surface area (Å²) < 4.78 is 101. The van der Waals surface area contributed by atoms with E-state index in [9.17, 15) is 41.3 Å². The Labute approximate surface area is 254 Å². The Morgan fingerprint density at radius 1 is 0.867 bits per heavy atom. The van der Waals surface area contributed by atoms with Crippen molar-refractivity contribution in [3.8, 4) is 34.4 Å². The van der Waals surface area contributed by atoms with Crippen LogP contribution in [0, 0.1) is 59.3 Å². The summed E-state index contributed by atoms with van der Waals surface area (Å²) >= 11 is -0.664. The summed E-state index contributed by atoms with van der Waals surface area (Å²) in [5, 5.41) is 19.2. The Bertz CT molecular complexity index is 2170. The van der Waals surface area contributed by atoms with Crippen LogP contribution in [0.4, 0.5) is 36.4 Å². The number of pyridine rings is 1. The Kier molecular flexibility index (Phi) is 7.66. The molecule has 0 atom stereocenters. The number of nitriles is 2. The monoisotopic (exact) mass is 634 g/mol. The highest BCUT2D eigenvalue weighted by molar-refractivity contribution is 8.09. The summed E-state index contributed by atoms with van der Waals surface area (Å²) in [5.41, 5.74) is -1.55. The maximum absolute atomic E-state index is 14.9. The highest BCUT2D eigenvalue weighted by Gasteiger charge is 2.39. The summed E-state index contributed by atoms with van der Waals surface area (Å²) in [4.78, 5) is 8.92. The third-order valence-corrected chi connectivity index (χ3v) is 8.27. The quantitative estimate of drug-likeness (QED) is 0.115. The fraction of sp³-hybridized carbons (Fsp3) is 0.129. The molecule has 0 aliphatic heterocycles. The van der Waals surface area contributed by atoms with E-state index in [-0.39, 0.29) is 67.0 Å². The van der Waals surface area contributed by atoms with Crippen LogP contribution in [-0.2, 0) is 12.8 Å². The van der Waals surface area contributed by atoms with Crippen LogP contribution >= 0.6 is 11.8 Å². The van der Waals surface area contributed by atoms with Gasteiger partial charge in [-0.15, -0.1) is 0 Å². The zero-order valence-electron chi connectivity index (χ0n) is 22.6. The second-order valence-corrected chi connectivity index (χ2v) is 10.8. The van der Waals surface area contributed by atoms with Gasteiger partial charge in [0.2, 0.25) is 11.9 Å². The molecular formula is C31H13F7N6S. The van der Waals surface area contributed by atoms with Gasteiger partial charge in [0.15, 0.2) is 0 Å². The predicted octanol–water partition coefficient (Wildman–Crippen LogP) is 6.59. The minimum absolute atomic E-state index is 0.0242. The molecule has 5 rings (SSSR count). The number of nitrogen functional groups attached to an aromatic ring is 1. The number of anilines is 1. The van der Waals surface area contributed by atoms with Gasteiger partial charge in [-0.1, -0.05) is 0 Å². The normalized spacial score (nSPS) is 13.5. The van der Waals surface area contributed by atoms with Gasteiger partial charge in [0.1, 0.15) is 48.2 Å². The fourth-order valence-electron chi connectivity index (χ4n) is 5.71. The van der Waals surface area contributed by atoms with Gasteiger partial charge in [0.05, 0.1) is 5.57 Å². The molecule has 14 heteroatoms. The van der Waals surface area contributed by atoms with Crippen molar-refractivity contribution in [1.82, 2.24) is 4.98 Å². The SMILES string of the molecule is [C-]#[N+]C([N+]#[C-])=C1Cc2c(-c3cc(F)nc(F)c3)c3c(c(-c4cc(F)c(N)c(F)c4)c2=C1C)CC(=C(C#N)C#N)C=3SC(F)(F)F. The minimum Gasteiger partial charge on any atom is -0.394 e. The van der Waals surface area contributed by atoms with Gasteiger partial charge in [0.25, 0.3) is 0 Å². The molecule has 0 unspecified atom stereocenters. The maximum Gasteiger partial charge on any atom is 0.523 e. The number of benzene rings is 2. The lowest BCUT2D eigenvalue weighted by molar-refractivity contribution is -0.0318. The number of rotatable bonds is 3. The van der Waals surface area contributed by atoms with Gasteiger partial charge in [-0.25, -0.2) is 8.78 Å². The summed E-state index contributed by atoms with van der Waals surface area (Å²) in [6, 6.07) is 6.42. The summed E-state index contributed by atoms with van der Waals surface area (Å²) in [5.74, 6) is -5.41. The van der Waals surface area contributed by atoms with Gasteiger partial charge >= 0.3 is 11.3 Å². The van der Waals surface area contributed by atoms with Crippen LogP contribution in [-0.4, -0.2) is 10.5 Å². The summed E-state index contributed by atoms with van der Waals surface area (Å²) in [7, 11) is 0. The Balaban J connectivity index is 2.17. The number of thioether (sulfide) groups is 1. The maximum atomic E-state index is 14.9. The molecule has 0 bridgehead atoms. The van der Waals surface area contributed by atoms with Gasteiger partial charge in [-0.2, -0.15) is 47.1 Å². The molecule has 2 aliphatic carbocycles. The van der Waals surface area contributed by atoms with Crippen molar-refractivity contribution in [1.29, 1.82) is 10.5 Å². The Hall–Kier alpha value is -5.57. The van der Waals surface area contributed by atoms with Crippen LogP contribution in [0.5, 0.6) is 0 Å². The zero-order valence-corrected chi connectivity index (χ0v) is 23.4. The topological polar surface area (TPSA) is 95.2 Å². The first kappa shape index (κ1) is 30.9. The van der Waals surface area contributed by atoms with Crippen molar-refractivity contribution >= 4 is 27.9 Å². The minimum atomic E-state index is -4.99. The molecule has 2 N–H and O–H groups in total. The number of alkyl halides is 3. The molecule has 0 saturated heterocycles. The summed E-state index contributed by atoms with van der Waals surface area (Å²) in [6.07, 6.45) is -0.803. The molecule has 1 heterocycles. The lowest BCUT2D eigenvalue weighted by Gasteiger charge is -2.17. The predicted molar refractivity (Wildman–Crippen MR) is 151 cm³/mol. The van der Waals surface area contributed by atoms with Gasteiger partial charge in [0, 0.05) is 28.7 Å². The van der Waals surface area contributed by atoms with E-state index in [0.29, 0.717) is 0 Å². The number of nitrogens with two attached hydrogens (primary N) is 1. The molecule has 0 fully saturated rings. The number of fused-ring (bicyclic) bond motifs is 2. The lowest BCUT2D eigenvalue weighted by Crippen LogP contribution is -2.25. The number of hydrogen-bond donors (Lipinski definition) is 1. The third kappa shape index (κ3) is 5.16. The van der Waals surface area contributed by atoms with E-state index in [1.165, 1.54) is 6.92 Å². The van der Waals surface area contributed by atoms with E-state index in [0.717, 1.165) is 24.3 Å². The molecule has 222 valence electrons. The number of halogens is 7. The van der Waals surface area contributed by atoms with Crippen LogP contribution in [0.2, 0.25) is 0 Å². The van der Waals surface area contributed by atoms with Crippen LogP contribution in [0.3, 0.4) is 0 Å². The van der Waals surface area contributed by atoms with Gasteiger partial charge in [-0.3, -0.25) is 0 Å². The van der Waals surface area contributed by atoms with E-state index < -0.39 is 69.2 Å². The molecular weight excluding hydrogens is 621 g/mol. The van der Waals surface area contributed by atoms with Crippen molar-refractivity contribution < 1.29 is 30.7 Å². The van der Waals surface area contributed by atoms with Crippen molar-refractivity contribution in [2.45, 2.75) is 25.3 Å². The third-order valence-electron chi connectivity index (χ3n) is 7.39. The number of aromatic nitrogens is 1. The Morgan fingerprint density at radius 2 is 1.36 bits per heavy atom. The van der Waals surface area contributed by atoms with Crippen LogP contribution in [0.1, 0.15) is 18.1 Å². The van der Waals surface area contributed by atoms with Crippen LogP contribution < -0.4 is 16.2 Å². The van der Waals surface area contributed by atoms with E-state index in [1.807, 2.05) is 0 Å². The first-order chi connectivity index (χ1) is 21.2. The van der Waals surface area contributed by atoms with E-state index in [4.69, 9.17) is 18.9 Å². The number of nitrogens with zero attached hydrogens (tertiary/aromatic N) is 5.